The summed E-state index contributed by atoms with van der Waals surface area (Å²) in [6.45, 7) is 3.64. The van der Waals surface area contributed by atoms with Crippen molar-refractivity contribution in [3.05, 3.63) is 11.8 Å². The fourth-order valence-electron chi connectivity index (χ4n) is 0.214. The molecule has 3 nitrogen and oxygen atoms in total. The number of carbonyl (C=O) groups is 1. The molecule has 0 aromatic heterocycles. The minimum Gasteiger partial charge on any atom is -0.437 e. The van der Waals surface area contributed by atoms with Gasteiger partial charge in [0.05, 0.1) is 13.4 Å². The molecular formula is C6H10O3. The SMILES string of the molecule is COC(=O)OC=C(C)C. The Morgan fingerprint density at radius 3 is 2.33 bits per heavy atom. The third kappa shape index (κ3) is 4.87. The molecule has 9 heavy (non-hydrogen) atoms. The first kappa shape index (κ1) is 8.01. The number of carbonyl (C=O) groups excluding carboxylic acids is 1. The lowest BCUT2D eigenvalue weighted by Gasteiger charge is -1.94. The first-order valence-electron chi connectivity index (χ1n) is 2.54. The molecule has 0 aliphatic carbocycles. The van der Waals surface area contributed by atoms with Gasteiger partial charge in [-0.3, -0.25) is 0 Å². The molecule has 0 rings (SSSR count). The standard InChI is InChI=1S/C6H10O3/c1-5(2)4-9-6(7)8-3/h4H,1-3H3. The van der Waals surface area contributed by atoms with Crippen molar-refractivity contribution in [2.24, 2.45) is 0 Å². The van der Waals surface area contributed by atoms with Crippen molar-refractivity contribution in [2.45, 2.75) is 13.8 Å². The van der Waals surface area contributed by atoms with Crippen molar-refractivity contribution in [3.63, 3.8) is 0 Å². The van der Waals surface area contributed by atoms with Gasteiger partial charge in [-0.25, -0.2) is 4.79 Å². The molecule has 0 heterocycles. The molecule has 0 saturated heterocycles. The molecule has 0 aromatic carbocycles. The largest absolute Gasteiger partial charge is 0.512 e. The van der Waals surface area contributed by atoms with E-state index in [9.17, 15) is 4.79 Å². The fourth-order valence-corrected chi connectivity index (χ4v) is 0.214. The highest BCUT2D eigenvalue weighted by Crippen LogP contribution is 1.90. The molecule has 0 spiro atoms. The van der Waals surface area contributed by atoms with Crippen LogP contribution in [0.1, 0.15) is 13.8 Å². The van der Waals surface area contributed by atoms with E-state index >= 15 is 0 Å². The summed E-state index contributed by atoms with van der Waals surface area (Å²) >= 11 is 0. The number of rotatable bonds is 1. The molecule has 0 aliphatic heterocycles. The molecule has 0 radical (unpaired) electrons. The van der Waals surface area contributed by atoms with Crippen molar-refractivity contribution in [2.75, 3.05) is 7.11 Å². The predicted octanol–water partition coefficient (Wildman–Crippen LogP) is 1.69. The maximum atomic E-state index is 10.2. The van der Waals surface area contributed by atoms with Crippen LogP contribution in [0.5, 0.6) is 0 Å². The summed E-state index contributed by atoms with van der Waals surface area (Å²) in [6.07, 6.45) is 0.655. The van der Waals surface area contributed by atoms with E-state index < -0.39 is 6.16 Å². The maximum Gasteiger partial charge on any atom is 0.512 e. The Kier molecular flexibility index (Phi) is 3.51. The topological polar surface area (TPSA) is 35.5 Å². The van der Waals surface area contributed by atoms with Gasteiger partial charge in [-0.2, -0.15) is 0 Å². The molecule has 0 bridgehead atoms. The Morgan fingerprint density at radius 1 is 1.44 bits per heavy atom. The summed E-state index contributed by atoms with van der Waals surface area (Å²) in [6, 6.07) is 0. The molecule has 52 valence electrons. The van der Waals surface area contributed by atoms with Crippen LogP contribution in [-0.4, -0.2) is 13.3 Å². The fraction of sp³-hybridized carbons (Fsp3) is 0.500. The molecule has 0 aliphatic rings. The highest BCUT2D eigenvalue weighted by molar-refractivity contribution is 5.60. The Balaban J connectivity index is 3.50. The molecule has 3 heteroatoms. The third-order valence-electron chi connectivity index (χ3n) is 0.558. The van der Waals surface area contributed by atoms with Gasteiger partial charge in [0.1, 0.15) is 0 Å². The third-order valence-corrected chi connectivity index (χ3v) is 0.558. The van der Waals surface area contributed by atoms with E-state index in [1.54, 1.807) is 0 Å². The zero-order chi connectivity index (χ0) is 7.28. The van der Waals surface area contributed by atoms with Gasteiger partial charge in [-0.15, -0.1) is 0 Å². The van der Waals surface area contributed by atoms with Crippen LogP contribution in [0.15, 0.2) is 11.8 Å². The van der Waals surface area contributed by atoms with Crippen LogP contribution >= 0.6 is 0 Å². The van der Waals surface area contributed by atoms with Crippen molar-refractivity contribution >= 4 is 6.16 Å². The number of allylic oxidation sites excluding steroid dienone is 1. The van der Waals surface area contributed by atoms with Crippen molar-refractivity contribution in [1.82, 2.24) is 0 Å². The van der Waals surface area contributed by atoms with Crippen LogP contribution in [0, 0.1) is 0 Å². The van der Waals surface area contributed by atoms with Gasteiger partial charge in [0, 0.05) is 0 Å². The molecule has 0 fully saturated rings. The van der Waals surface area contributed by atoms with E-state index in [2.05, 4.69) is 9.47 Å². The molecule has 0 atom stereocenters. The molecule has 0 aromatic rings. The highest BCUT2D eigenvalue weighted by atomic mass is 16.7. The van der Waals surface area contributed by atoms with Crippen LogP contribution < -0.4 is 0 Å². The van der Waals surface area contributed by atoms with Gasteiger partial charge in [0.25, 0.3) is 0 Å². The van der Waals surface area contributed by atoms with Gasteiger partial charge in [-0.05, 0) is 19.4 Å². The summed E-state index contributed by atoms with van der Waals surface area (Å²) < 4.78 is 8.62. The summed E-state index contributed by atoms with van der Waals surface area (Å²) in [5, 5.41) is 0. The van der Waals surface area contributed by atoms with Crippen LogP contribution in [0.3, 0.4) is 0 Å². The second kappa shape index (κ2) is 3.95. The number of hydrogen-bond acceptors (Lipinski definition) is 3. The predicted molar refractivity (Wildman–Crippen MR) is 32.9 cm³/mol. The Morgan fingerprint density at radius 2 is 2.00 bits per heavy atom. The second-order valence-corrected chi connectivity index (χ2v) is 1.77. The van der Waals surface area contributed by atoms with Crippen LogP contribution in [0.4, 0.5) is 4.79 Å². The first-order valence-corrected chi connectivity index (χ1v) is 2.54. The van der Waals surface area contributed by atoms with E-state index in [-0.39, 0.29) is 0 Å². The molecule has 0 N–H and O–H groups in total. The van der Waals surface area contributed by atoms with E-state index in [1.165, 1.54) is 13.4 Å². The van der Waals surface area contributed by atoms with E-state index in [0.29, 0.717) is 0 Å². The second-order valence-electron chi connectivity index (χ2n) is 1.77. The Bertz CT molecular complexity index is 122. The van der Waals surface area contributed by atoms with E-state index in [1.807, 2.05) is 13.8 Å². The Labute approximate surface area is 54.3 Å². The van der Waals surface area contributed by atoms with Crippen LogP contribution in [-0.2, 0) is 9.47 Å². The van der Waals surface area contributed by atoms with Gasteiger partial charge in [-0.1, -0.05) is 0 Å². The molecule has 0 unspecified atom stereocenters. The van der Waals surface area contributed by atoms with Crippen molar-refractivity contribution in [1.29, 1.82) is 0 Å². The minimum absolute atomic E-state index is 0.684. The zero-order valence-electron chi connectivity index (χ0n) is 5.80. The van der Waals surface area contributed by atoms with Gasteiger partial charge >= 0.3 is 6.16 Å². The summed E-state index contributed by atoms with van der Waals surface area (Å²) in [4.78, 5) is 10.2. The molecule has 0 saturated carbocycles. The lowest BCUT2D eigenvalue weighted by atomic mass is 10.4. The monoisotopic (exact) mass is 130 g/mol. The average Bonchev–Trinajstić information content (AvgIpc) is 1.83. The highest BCUT2D eigenvalue weighted by Gasteiger charge is 1.93. The smallest absolute Gasteiger partial charge is 0.437 e. The number of ether oxygens (including phenoxy) is 2. The van der Waals surface area contributed by atoms with Crippen molar-refractivity contribution in [3.8, 4) is 0 Å². The van der Waals surface area contributed by atoms with Gasteiger partial charge < -0.3 is 9.47 Å². The summed E-state index contributed by atoms with van der Waals surface area (Å²) in [5.74, 6) is 0. The lowest BCUT2D eigenvalue weighted by molar-refractivity contribution is 0.105. The van der Waals surface area contributed by atoms with Gasteiger partial charge in [0.15, 0.2) is 0 Å². The lowest BCUT2D eigenvalue weighted by Crippen LogP contribution is -1.98. The van der Waals surface area contributed by atoms with E-state index in [0.717, 1.165) is 5.57 Å². The molecule has 0 amide bonds. The Hall–Kier alpha value is -0.990. The molecular weight excluding hydrogens is 120 g/mol. The summed E-state index contributed by atoms with van der Waals surface area (Å²) in [7, 11) is 1.27. The normalized spacial score (nSPS) is 7.89. The van der Waals surface area contributed by atoms with Gasteiger partial charge in [0.2, 0.25) is 0 Å². The maximum absolute atomic E-state index is 10.2. The van der Waals surface area contributed by atoms with Crippen LogP contribution in [0.2, 0.25) is 0 Å². The van der Waals surface area contributed by atoms with Crippen molar-refractivity contribution < 1.29 is 14.3 Å². The zero-order valence-corrected chi connectivity index (χ0v) is 5.80. The first-order chi connectivity index (χ1) is 4.16. The minimum atomic E-state index is -0.684. The quantitative estimate of drug-likeness (QED) is 0.400. The number of methoxy groups -OCH3 is 1. The van der Waals surface area contributed by atoms with E-state index in [4.69, 9.17) is 0 Å². The summed E-state index contributed by atoms with van der Waals surface area (Å²) in [5.41, 5.74) is 0.917. The number of hydrogen-bond donors (Lipinski definition) is 0. The van der Waals surface area contributed by atoms with Crippen LogP contribution in [0.25, 0.3) is 0 Å². The average molecular weight is 130 g/mol.